The molecule has 0 spiro atoms. The Balaban J connectivity index is 1.55. The lowest BCUT2D eigenvalue weighted by Gasteiger charge is -2.08. The second-order valence-electron chi connectivity index (χ2n) is 5.73. The third-order valence-corrected chi connectivity index (χ3v) is 3.92. The molecule has 150 valence electrons. The number of para-hydroxylation sites is 2. The minimum absolute atomic E-state index is 0.0344. The lowest BCUT2D eigenvalue weighted by atomic mass is 10.2. The molecule has 1 N–H and O–H groups in total. The van der Waals surface area contributed by atoms with Crippen molar-refractivity contribution in [1.82, 2.24) is 10.1 Å². The molecule has 0 aliphatic heterocycles. The van der Waals surface area contributed by atoms with Crippen LogP contribution in [0.5, 0.6) is 5.75 Å². The maximum atomic E-state index is 13.7. The van der Waals surface area contributed by atoms with Crippen LogP contribution in [0, 0.1) is 5.82 Å². The molecule has 0 unspecified atom stereocenters. The number of nitrogens with one attached hydrogen (secondary N) is 1. The van der Waals surface area contributed by atoms with Crippen molar-refractivity contribution >= 4 is 29.2 Å². The Morgan fingerprint density at radius 3 is 2.79 bits per heavy atom. The zero-order valence-corrected chi connectivity index (χ0v) is 15.9. The number of nitrogens with zero attached hydrogens (tertiary/aromatic N) is 2. The summed E-state index contributed by atoms with van der Waals surface area (Å²) in [5, 5.41) is 6.50. The van der Waals surface area contributed by atoms with Crippen LogP contribution in [0.4, 0.5) is 10.1 Å². The maximum Gasteiger partial charge on any atom is 0.341 e. The summed E-state index contributed by atoms with van der Waals surface area (Å²) in [7, 11) is 1.49. The Bertz CT molecular complexity index is 1040. The molecule has 10 heteroatoms. The van der Waals surface area contributed by atoms with Crippen LogP contribution < -0.4 is 10.1 Å². The second-order valence-corrected chi connectivity index (χ2v) is 6.17. The number of carbonyl (C=O) groups is 2. The highest BCUT2D eigenvalue weighted by Crippen LogP contribution is 2.23. The number of amides is 1. The van der Waals surface area contributed by atoms with Crippen LogP contribution in [0.25, 0.3) is 0 Å². The quantitative estimate of drug-likeness (QED) is 0.585. The Kier molecular flexibility index (Phi) is 6.40. The molecule has 3 rings (SSSR count). The van der Waals surface area contributed by atoms with Gasteiger partial charge in [0.05, 0.1) is 24.8 Å². The molecule has 0 aliphatic carbocycles. The van der Waals surface area contributed by atoms with Gasteiger partial charge in [0.25, 0.3) is 5.89 Å². The molecule has 0 bridgehead atoms. The minimum Gasteiger partial charge on any atom is -0.495 e. The third-order valence-electron chi connectivity index (χ3n) is 3.69. The summed E-state index contributed by atoms with van der Waals surface area (Å²) in [6.07, 6.45) is -0.165. The van der Waals surface area contributed by atoms with Gasteiger partial charge in [-0.1, -0.05) is 28.9 Å². The predicted molar refractivity (Wildman–Crippen MR) is 100 cm³/mol. The van der Waals surface area contributed by atoms with Crippen molar-refractivity contribution in [3.8, 4) is 5.75 Å². The lowest BCUT2D eigenvalue weighted by Crippen LogP contribution is -2.15. The number of ether oxygens (including phenoxy) is 2. The number of carbonyl (C=O) groups excluding carboxylic acids is 2. The van der Waals surface area contributed by atoms with Gasteiger partial charge in [-0.25, -0.2) is 9.18 Å². The normalized spacial score (nSPS) is 10.4. The molecule has 0 atom stereocenters. The van der Waals surface area contributed by atoms with Crippen molar-refractivity contribution in [3.05, 3.63) is 70.6 Å². The van der Waals surface area contributed by atoms with Crippen LogP contribution in [-0.2, 0) is 22.6 Å². The third kappa shape index (κ3) is 5.29. The standard InChI is InChI=1S/C19H15ClFN3O5/c1-27-15-5-3-2-4-14(15)22-17(25)9-16-23-18(29-24-16)10-28-19(26)12-7-6-11(20)8-13(12)21/h2-8H,9-10H2,1H3,(H,22,25). The van der Waals surface area contributed by atoms with E-state index in [0.717, 1.165) is 6.07 Å². The van der Waals surface area contributed by atoms with Crippen molar-refractivity contribution in [2.24, 2.45) is 0 Å². The first-order valence-electron chi connectivity index (χ1n) is 8.32. The summed E-state index contributed by atoms with van der Waals surface area (Å²) < 4.78 is 28.8. The van der Waals surface area contributed by atoms with Crippen molar-refractivity contribution in [2.75, 3.05) is 12.4 Å². The molecule has 3 aromatic rings. The fourth-order valence-electron chi connectivity index (χ4n) is 2.37. The molecule has 0 saturated heterocycles. The SMILES string of the molecule is COc1ccccc1NC(=O)Cc1noc(COC(=O)c2ccc(Cl)cc2F)n1. The van der Waals surface area contributed by atoms with E-state index in [0.29, 0.717) is 11.4 Å². The van der Waals surface area contributed by atoms with Gasteiger partial charge in [0, 0.05) is 5.02 Å². The van der Waals surface area contributed by atoms with E-state index in [1.54, 1.807) is 24.3 Å². The number of anilines is 1. The highest BCUT2D eigenvalue weighted by atomic mass is 35.5. The molecule has 8 nitrogen and oxygen atoms in total. The number of rotatable bonds is 7. The molecule has 1 amide bonds. The first kappa shape index (κ1) is 20.3. The second kappa shape index (κ2) is 9.16. The number of benzene rings is 2. The van der Waals surface area contributed by atoms with Crippen molar-refractivity contribution in [2.45, 2.75) is 13.0 Å². The molecule has 1 aromatic heterocycles. The molecule has 29 heavy (non-hydrogen) atoms. The number of halogens is 2. The Hall–Kier alpha value is -3.46. The van der Waals surface area contributed by atoms with E-state index in [2.05, 4.69) is 15.5 Å². The van der Waals surface area contributed by atoms with E-state index in [1.165, 1.54) is 19.2 Å². The summed E-state index contributed by atoms with van der Waals surface area (Å²) >= 11 is 5.64. The van der Waals surface area contributed by atoms with E-state index in [4.69, 9.17) is 25.6 Å². The largest absolute Gasteiger partial charge is 0.495 e. The van der Waals surface area contributed by atoms with Gasteiger partial charge in [-0.2, -0.15) is 4.98 Å². The Morgan fingerprint density at radius 1 is 1.24 bits per heavy atom. The monoisotopic (exact) mass is 419 g/mol. The molecular weight excluding hydrogens is 405 g/mol. The van der Waals surface area contributed by atoms with Crippen molar-refractivity contribution < 1.29 is 28.0 Å². The van der Waals surface area contributed by atoms with Gasteiger partial charge in [0.2, 0.25) is 5.91 Å². The van der Waals surface area contributed by atoms with Crippen molar-refractivity contribution in [3.63, 3.8) is 0 Å². The van der Waals surface area contributed by atoms with E-state index in [-0.39, 0.29) is 41.2 Å². The zero-order chi connectivity index (χ0) is 20.8. The summed E-state index contributed by atoms with van der Waals surface area (Å²) in [6.45, 7) is -0.373. The van der Waals surface area contributed by atoms with Gasteiger partial charge in [-0.05, 0) is 30.3 Å². The minimum atomic E-state index is -0.909. The lowest BCUT2D eigenvalue weighted by molar-refractivity contribution is -0.115. The van der Waals surface area contributed by atoms with Gasteiger partial charge >= 0.3 is 5.97 Å². The van der Waals surface area contributed by atoms with Gasteiger partial charge in [0.1, 0.15) is 11.6 Å². The van der Waals surface area contributed by atoms with Crippen LogP contribution in [-0.4, -0.2) is 29.1 Å². The van der Waals surface area contributed by atoms with Gasteiger partial charge in [-0.15, -0.1) is 0 Å². The van der Waals surface area contributed by atoms with Crippen LogP contribution in [0.2, 0.25) is 5.02 Å². The molecular formula is C19H15ClFN3O5. The zero-order valence-electron chi connectivity index (χ0n) is 15.1. The molecule has 0 radical (unpaired) electrons. The average Bonchev–Trinajstić information content (AvgIpc) is 3.13. The molecule has 0 fully saturated rings. The van der Waals surface area contributed by atoms with Crippen LogP contribution >= 0.6 is 11.6 Å². The predicted octanol–water partition coefficient (Wildman–Crippen LogP) is 3.41. The fourth-order valence-corrected chi connectivity index (χ4v) is 2.53. The first-order chi connectivity index (χ1) is 14.0. The number of methoxy groups -OCH3 is 1. The highest BCUT2D eigenvalue weighted by Gasteiger charge is 2.17. The van der Waals surface area contributed by atoms with E-state index in [9.17, 15) is 14.0 Å². The Morgan fingerprint density at radius 2 is 2.03 bits per heavy atom. The maximum absolute atomic E-state index is 13.7. The Labute approximate surface area is 169 Å². The molecule has 2 aromatic carbocycles. The number of hydrogen-bond donors (Lipinski definition) is 1. The van der Waals surface area contributed by atoms with Crippen LogP contribution in [0.1, 0.15) is 22.1 Å². The first-order valence-corrected chi connectivity index (χ1v) is 8.70. The van der Waals surface area contributed by atoms with E-state index in [1.807, 2.05) is 0 Å². The fraction of sp³-hybridized carbons (Fsp3) is 0.158. The summed E-state index contributed by atoms with van der Waals surface area (Å²) in [6, 6.07) is 10.5. The van der Waals surface area contributed by atoms with E-state index < -0.39 is 11.8 Å². The molecule has 0 aliphatic rings. The van der Waals surface area contributed by atoms with Crippen LogP contribution in [0.3, 0.4) is 0 Å². The highest BCUT2D eigenvalue weighted by molar-refractivity contribution is 6.30. The van der Waals surface area contributed by atoms with Crippen LogP contribution in [0.15, 0.2) is 47.0 Å². The summed E-state index contributed by atoms with van der Waals surface area (Å²) in [5.41, 5.74) is 0.230. The number of aromatic nitrogens is 2. The smallest absolute Gasteiger partial charge is 0.341 e. The van der Waals surface area contributed by atoms with Gasteiger partial charge < -0.3 is 19.3 Å². The summed E-state index contributed by atoms with van der Waals surface area (Å²) in [4.78, 5) is 28.1. The summed E-state index contributed by atoms with van der Waals surface area (Å²) in [5.74, 6) is -1.53. The van der Waals surface area contributed by atoms with E-state index >= 15 is 0 Å². The molecule has 1 heterocycles. The van der Waals surface area contributed by atoms with Crippen molar-refractivity contribution in [1.29, 1.82) is 0 Å². The molecule has 0 saturated carbocycles. The average molecular weight is 420 g/mol. The van der Waals surface area contributed by atoms with Gasteiger partial charge in [0.15, 0.2) is 12.4 Å². The topological polar surface area (TPSA) is 104 Å². The number of hydrogen-bond acceptors (Lipinski definition) is 7. The number of esters is 1. The van der Waals surface area contributed by atoms with Gasteiger partial charge in [-0.3, -0.25) is 4.79 Å².